The maximum Gasteiger partial charge on any atom is 0.321 e. The van der Waals surface area contributed by atoms with Gasteiger partial charge in [0.05, 0.1) is 17.2 Å². The first-order valence-electron chi connectivity index (χ1n) is 8.29. The standard InChI is InChI=1S/C19H18F2N2O3/c20-14-7-3-8-15(21)17(14)13-6-1-2-9-16(13)22-19(26)23-10-4-5-12(11-23)18(24)25/h1-3,6-9,12H,4-5,10-11H2,(H,22,26)(H,24,25). The summed E-state index contributed by atoms with van der Waals surface area (Å²) in [5, 5.41) is 11.8. The number of carbonyl (C=O) groups is 2. The number of carboxylic acid groups (broad SMARTS) is 1. The van der Waals surface area contributed by atoms with Crippen molar-refractivity contribution in [3.8, 4) is 11.1 Å². The Morgan fingerprint density at radius 2 is 1.77 bits per heavy atom. The van der Waals surface area contributed by atoms with Crippen LogP contribution in [0.1, 0.15) is 12.8 Å². The van der Waals surface area contributed by atoms with Gasteiger partial charge in [-0.25, -0.2) is 13.6 Å². The van der Waals surface area contributed by atoms with Crippen LogP contribution in [0.3, 0.4) is 0 Å². The molecule has 136 valence electrons. The number of urea groups is 1. The lowest BCUT2D eigenvalue weighted by Crippen LogP contribution is -2.44. The van der Waals surface area contributed by atoms with Crippen molar-refractivity contribution in [2.24, 2.45) is 5.92 Å². The average Bonchev–Trinajstić information content (AvgIpc) is 2.63. The van der Waals surface area contributed by atoms with Crippen LogP contribution < -0.4 is 5.32 Å². The first kappa shape index (κ1) is 17.8. The van der Waals surface area contributed by atoms with E-state index in [1.54, 1.807) is 18.2 Å². The summed E-state index contributed by atoms with van der Waals surface area (Å²) >= 11 is 0. The predicted octanol–water partition coefficient (Wildman–Crippen LogP) is 3.96. The minimum Gasteiger partial charge on any atom is -0.481 e. The first-order chi connectivity index (χ1) is 12.5. The number of carboxylic acids is 1. The highest BCUT2D eigenvalue weighted by molar-refractivity contribution is 5.95. The fourth-order valence-electron chi connectivity index (χ4n) is 3.12. The average molecular weight is 360 g/mol. The Hall–Kier alpha value is -2.96. The van der Waals surface area contributed by atoms with Gasteiger partial charge >= 0.3 is 12.0 Å². The number of piperidine rings is 1. The highest BCUT2D eigenvalue weighted by Crippen LogP contribution is 2.32. The van der Waals surface area contributed by atoms with Gasteiger partial charge in [-0.15, -0.1) is 0 Å². The summed E-state index contributed by atoms with van der Waals surface area (Å²) < 4.78 is 28.2. The van der Waals surface area contributed by atoms with Crippen molar-refractivity contribution in [1.29, 1.82) is 0 Å². The van der Waals surface area contributed by atoms with Crippen LogP contribution in [0.4, 0.5) is 19.3 Å². The molecule has 2 N–H and O–H groups in total. The number of amides is 2. The number of aliphatic carboxylic acids is 1. The van der Waals surface area contributed by atoms with Gasteiger partial charge in [-0.2, -0.15) is 0 Å². The summed E-state index contributed by atoms with van der Waals surface area (Å²) in [6.07, 6.45) is 1.12. The number of anilines is 1. The van der Waals surface area contributed by atoms with Crippen molar-refractivity contribution in [1.82, 2.24) is 4.90 Å². The van der Waals surface area contributed by atoms with Gasteiger partial charge in [-0.3, -0.25) is 4.79 Å². The normalized spacial score (nSPS) is 17.0. The number of hydrogen-bond acceptors (Lipinski definition) is 2. The molecule has 0 aromatic heterocycles. The van der Waals surface area contributed by atoms with Crippen LogP contribution in [0.2, 0.25) is 0 Å². The minimum absolute atomic E-state index is 0.109. The Bertz CT molecular complexity index is 821. The number of rotatable bonds is 3. The van der Waals surface area contributed by atoms with Crippen molar-refractivity contribution < 1.29 is 23.5 Å². The molecule has 2 amide bonds. The van der Waals surface area contributed by atoms with Crippen LogP contribution in [-0.2, 0) is 4.79 Å². The Morgan fingerprint density at radius 3 is 2.46 bits per heavy atom. The van der Waals surface area contributed by atoms with Crippen LogP contribution in [-0.4, -0.2) is 35.1 Å². The van der Waals surface area contributed by atoms with Crippen LogP contribution >= 0.6 is 0 Å². The van der Waals surface area contributed by atoms with Gasteiger partial charge in [0, 0.05) is 18.7 Å². The van der Waals surface area contributed by atoms with Gasteiger partial charge in [-0.05, 0) is 31.0 Å². The summed E-state index contributed by atoms with van der Waals surface area (Å²) in [6, 6.07) is 9.44. The topological polar surface area (TPSA) is 69.6 Å². The molecule has 5 nitrogen and oxygen atoms in total. The van der Waals surface area contributed by atoms with Gasteiger partial charge in [0.25, 0.3) is 0 Å². The maximum atomic E-state index is 14.1. The molecule has 0 bridgehead atoms. The number of para-hydroxylation sites is 1. The summed E-state index contributed by atoms with van der Waals surface area (Å²) in [4.78, 5) is 25.1. The monoisotopic (exact) mass is 360 g/mol. The predicted molar refractivity (Wildman–Crippen MR) is 92.7 cm³/mol. The minimum atomic E-state index is -0.934. The Balaban J connectivity index is 1.85. The molecule has 2 aromatic carbocycles. The van der Waals surface area contributed by atoms with Crippen molar-refractivity contribution in [3.05, 3.63) is 54.1 Å². The third-order valence-electron chi connectivity index (χ3n) is 4.46. The largest absolute Gasteiger partial charge is 0.481 e. The van der Waals surface area contributed by atoms with Gasteiger partial charge in [0.2, 0.25) is 0 Å². The van der Waals surface area contributed by atoms with E-state index in [4.69, 9.17) is 5.11 Å². The number of halogens is 2. The third kappa shape index (κ3) is 3.66. The lowest BCUT2D eigenvalue weighted by Gasteiger charge is -2.31. The van der Waals surface area contributed by atoms with Crippen molar-refractivity contribution in [2.45, 2.75) is 12.8 Å². The molecule has 3 rings (SSSR count). The smallest absolute Gasteiger partial charge is 0.321 e. The van der Waals surface area contributed by atoms with Crippen molar-refractivity contribution in [3.63, 3.8) is 0 Å². The van der Waals surface area contributed by atoms with Crippen molar-refractivity contribution in [2.75, 3.05) is 18.4 Å². The molecule has 0 radical (unpaired) electrons. The molecule has 0 saturated carbocycles. The second kappa shape index (κ2) is 7.51. The molecule has 7 heteroatoms. The van der Waals surface area contributed by atoms with E-state index in [1.165, 1.54) is 17.0 Å². The molecule has 1 fully saturated rings. The highest BCUT2D eigenvalue weighted by atomic mass is 19.1. The van der Waals surface area contributed by atoms with Gasteiger partial charge < -0.3 is 15.3 Å². The van der Waals surface area contributed by atoms with Crippen LogP contribution in [0.15, 0.2) is 42.5 Å². The quantitative estimate of drug-likeness (QED) is 0.870. The zero-order valence-electron chi connectivity index (χ0n) is 13.9. The zero-order valence-corrected chi connectivity index (χ0v) is 13.9. The van der Waals surface area contributed by atoms with E-state index in [2.05, 4.69) is 5.32 Å². The molecule has 1 unspecified atom stereocenters. The number of hydrogen-bond donors (Lipinski definition) is 2. The Labute approximate surface area is 149 Å². The molecular weight excluding hydrogens is 342 g/mol. The van der Waals surface area contributed by atoms with Crippen molar-refractivity contribution >= 4 is 17.7 Å². The SMILES string of the molecule is O=C(O)C1CCCN(C(=O)Nc2ccccc2-c2c(F)cccc2F)C1. The van der Waals surface area contributed by atoms with E-state index in [1.807, 2.05) is 0 Å². The molecule has 2 aromatic rings. The van der Waals surface area contributed by atoms with E-state index in [0.29, 0.717) is 19.4 Å². The fourth-order valence-corrected chi connectivity index (χ4v) is 3.12. The lowest BCUT2D eigenvalue weighted by atomic mass is 9.98. The molecule has 1 saturated heterocycles. The number of carbonyl (C=O) groups excluding carboxylic acids is 1. The summed E-state index contributed by atoms with van der Waals surface area (Å²) in [6.45, 7) is 0.545. The van der Waals surface area contributed by atoms with E-state index in [0.717, 1.165) is 12.1 Å². The van der Waals surface area contributed by atoms with Gasteiger partial charge in [0.15, 0.2) is 0 Å². The highest BCUT2D eigenvalue weighted by Gasteiger charge is 2.28. The number of likely N-dealkylation sites (tertiary alicyclic amines) is 1. The second-order valence-corrected chi connectivity index (χ2v) is 6.20. The Kier molecular flexibility index (Phi) is 5.16. The molecule has 1 aliphatic rings. The molecule has 1 aliphatic heterocycles. The van der Waals surface area contributed by atoms with Gasteiger partial charge in [0.1, 0.15) is 11.6 Å². The fraction of sp³-hybridized carbons (Fsp3) is 0.263. The molecule has 0 aliphatic carbocycles. The molecule has 1 heterocycles. The van der Waals surface area contributed by atoms with Crippen LogP contribution in [0, 0.1) is 17.6 Å². The summed E-state index contributed by atoms with van der Waals surface area (Å²) in [5.41, 5.74) is 0.271. The molecule has 0 spiro atoms. The summed E-state index contributed by atoms with van der Waals surface area (Å²) in [7, 11) is 0. The summed E-state index contributed by atoms with van der Waals surface area (Å²) in [5.74, 6) is -2.99. The number of nitrogens with zero attached hydrogens (tertiary/aromatic N) is 1. The van der Waals surface area contributed by atoms with Gasteiger partial charge in [-0.1, -0.05) is 24.3 Å². The van der Waals surface area contributed by atoms with E-state index < -0.39 is 29.6 Å². The molecule has 1 atom stereocenters. The number of nitrogens with one attached hydrogen (secondary N) is 1. The van der Waals surface area contributed by atoms with Crippen LogP contribution in [0.5, 0.6) is 0 Å². The molecular formula is C19H18F2N2O3. The number of benzene rings is 2. The maximum absolute atomic E-state index is 14.1. The molecule has 26 heavy (non-hydrogen) atoms. The van der Waals surface area contributed by atoms with E-state index >= 15 is 0 Å². The van der Waals surface area contributed by atoms with E-state index in [9.17, 15) is 18.4 Å². The van der Waals surface area contributed by atoms with E-state index in [-0.39, 0.29) is 23.4 Å². The lowest BCUT2D eigenvalue weighted by molar-refractivity contribution is -0.143. The third-order valence-corrected chi connectivity index (χ3v) is 4.46. The zero-order chi connectivity index (χ0) is 18.7. The van der Waals surface area contributed by atoms with Crippen LogP contribution in [0.25, 0.3) is 11.1 Å². The second-order valence-electron chi connectivity index (χ2n) is 6.20. The first-order valence-corrected chi connectivity index (χ1v) is 8.29. The Morgan fingerprint density at radius 1 is 1.08 bits per heavy atom.